The van der Waals surface area contributed by atoms with Crippen LogP contribution in [0, 0.1) is 10.8 Å². The lowest BCUT2D eigenvalue weighted by Crippen LogP contribution is -2.32. The number of nitrogens with one attached hydrogen (secondary N) is 3. The van der Waals surface area contributed by atoms with E-state index >= 15 is 0 Å². The summed E-state index contributed by atoms with van der Waals surface area (Å²) >= 11 is 0. The maximum absolute atomic E-state index is 10.8. The maximum Gasteiger partial charge on any atom is 0.270 e. The highest BCUT2D eigenvalue weighted by Gasteiger charge is 2.04. The molecule has 0 aliphatic rings. The molecular formula is C7H11N3O2. The van der Waals surface area contributed by atoms with E-state index in [9.17, 15) is 9.59 Å². The van der Waals surface area contributed by atoms with Gasteiger partial charge in [0, 0.05) is 19.2 Å². The van der Waals surface area contributed by atoms with Gasteiger partial charge in [0.15, 0.2) is 0 Å². The van der Waals surface area contributed by atoms with Crippen molar-refractivity contribution in [3.05, 3.63) is 0 Å². The van der Waals surface area contributed by atoms with Gasteiger partial charge in [0.25, 0.3) is 5.91 Å². The molecule has 3 N–H and O–H groups in total. The Kier molecular flexibility index (Phi) is 4.52. The number of carbonyl (C=O) groups is 2. The molecule has 5 nitrogen and oxygen atoms in total. The van der Waals surface area contributed by atoms with Gasteiger partial charge in [-0.1, -0.05) is 0 Å². The Morgan fingerprint density at radius 3 is 2.50 bits per heavy atom. The molecule has 66 valence electrons. The van der Waals surface area contributed by atoms with Crippen LogP contribution in [0.1, 0.15) is 13.3 Å². The minimum Gasteiger partial charge on any atom is -0.350 e. The summed E-state index contributed by atoms with van der Waals surface area (Å²) in [5.74, 6) is -0.636. The molecule has 0 unspecified atom stereocenters. The zero-order chi connectivity index (χ0) is 9.56. The van der Waals surface area contributed by atoms with Crippen molar-refractivity contribution in [1.29, 1.82) is 10.8 Å². The molecule has 0 spiro atoms. The lowest BCUT2D eigenvalue weighted by Gasteiger charge is -2.00. The van der Waals surface area contributed by atoms with Crippen LogP contribution in [0.25, 0.3) is 0 Å². The smallest absolute Gasteiger partial charge is 0.270 e. The fourth-order valence-electron chi connectivity index (χ4n) is 0.513. The molecule has 0 aliphatic heterocycles. The lowest BCUT2D eigenvalue weighted by molar-refractivity contribution is -0.117. The molecule has 0 bridgehead atoms. The molecule has 0 saturated heterocycles. The van der Waals surface area contributed by atoms with Crippen LogP contribution in [-0.2, 0) is 9.59 Å². The number of ketones is 1. The predicted molar refractivity (Wildman–Crippen MR) is 44.8 cm³/mol. The highest BCUT2D eigenvalue weighted by Crippen LogP contribution is 1.78. The number of carbonyl (C=O) groups excluding carboxylic acids is 2. The van der Waals surface area contributed by atoms with Gasteiger partial charge >= 0.3 is 0 Å². The van der Waals surface area contributed by atoms with Crippen LogP contribution in [0.5, 0.6) is 0 Å². The summed E-state index contributed by atoms with van der Waals surface area (Å²) in [6.07, 6.45) is 0.917. The van der Waals surface area contributed by atoms with E-state index in [4.69, 9.17) is 10.8 Å². The first-order valence-corrected chi connectivity index (χ1v) is 3.44. The Bertz CT molecular complexity index is 223. The van der Waals surface area contributed by atoms with Gasteiger partial charge < -0.3 is 10.7 Å². The summed E-state index contributed by atoms with van der Waals surface area (Å²) in [5.41, 5.74) is -0.404. The Balaban J connectivity index is 3.65. The quantitative estimate of drug-likeness (QED) is 0.495. The van der Waals surface area contributed by atoms with E-state index in [1.807, 2.05) is 0 Å². The molecule has 0 radical (unpaired) electrons. The van der Waals surface area contributed by atoms with Gasteiger partial charge in [-0.3, -0.25) is 15.0 Å². The van der Waals surface area contributed by atoms with E-state index < -0.39 is 11.6 Å². The zero-order valence-corrected chi connectivity index (χ0v) is 6.81. The fourth-order valence-corrected chi connectivity index (χ4v) is 0.513. The van der Waals surface area contributed by atoms with Crippen LogP contribution in [0.2, 0.25) is 0 Å². The van der Waals surface area contributed by atoms with Crippen molar-refractivity contribution >= 4 is 23.6 Å². The minimum atomic E-state index is -0.619. The second-order valence-corrected chi connectivity index (χ2v) is 2.27. The molecule has 1 amide bonds. The largest absolute Gasteiger partial charge is 0.350 e. The number of rotatable bonds is 5. The molecule has 5 heteroatoms. The average Bonchev–Trinajstić information content (AvgIpc) is 2.02. The van der Waals surface area contributed by atoms with E-state index in [1.165, 1.54) is 6.92 Å². The van der Waals surface area contributed by atoms with Gasteiger partial charge in [-0.25, -0.2) is 0 Å². The van der Waals surface area contributed by atoms with E-state index in [2.05, 4.69) is 5.32 Å². The predicted octanol–water partition coefficient (Wildman–Crippen LogP) is -0.249. The van der Waals surface area contributed by atoms with Gasteiger partial charge in [0.1, 0.15) is 11.5 Å². The van der Waals surface area contributed by atoms with Crippen molar-refractivity contribution in [3.63, 3.8) is 0 Å². The SMILES string of the molecule is CC(=O)CCNC(=O)C(=N)C=N. The van der Waals surface area contributed by atoms with Gasteiger partial charge in [0.05, 0.1) is 0 Å². The molecule has 0 aromatic rings. The highest BCUT2D eigenvalue weighted by atomic mass is 16.2. The molecule has 0 heterocycles. The third-order valence-corrected chi connectivity index (χ3v) is 1.15. The Morgan fingerprint density at radius 2 is 2.08 bits per heavy atom. The third kappa shape index (κ3) is 4.32. The van der Waals surface area contributed by atoms with Crippen molar-refractivity contribution in [2.45, 2.75) is 13.3 Å². The normalized spacial score (nSPS) is 8.75. The van der Waals surface area contributed by atoms with Gasteiger partial charge in [-0.15, -0.1) is 0 Å². The average molecular weight is 169 g/mol. The van der Waals surface area contributed by atoms with Crippen molar-refractivity contribution in [2.24, 2.45) is 0 Å². The van der Waals surface area contributed by atoms with E-state index in [0.29, 0.717) is 6.21 Å². The van der Waals surface area contributed by atoms with Crippen molar-refractivity contribution in [2.75, 3.05) is 6.54 Å². The summed E-state index contributed by atoms with van der Waals surface area (Å²) < 4.78 is 0. The molecule has 0 saturated carbocycles. The van der Waals surface area contributed by atoms with Crippen LogP contribution < -0.4 is 5.32 Å². The lowest BCUT2D eigenvalue weighted by atomic mass is 10.3. The van der Waals surface area contributed by atoms with Crippen molar-refractivity contribution in [3.8, 4) is 0 Å². The summed E-state index contributed by atoms with van der Waals surface area (Å²) in [6, 6.07) is 0. The van der Waals surface area contributed by atoms with E-state index in [0.717, 1.165) is 0 Å². The third-order valence-electron chi connectivity index (χ3n) is 1.15. The fraction of sp³-hybridized carbons (Fsp3) is 0.429. The van der Waals surface area contributed by atoms with Crippen molar-refractivity contribution < 1.29 is 9.59 Å². The number of amides is 1. The second-order valence-electron chi connectivity index (χ2n) is 2.27. The van der Waals surface area contributed by atoms with E-state index in [1.54, 1.807) is 0 Å². The molecule has 0 atom stereocenters. The molecule has 12 heavy (non-hydrogen) atoms. The number of hydrogen-bond acceptors (Lipinski definition) is 4. The minimum absolute atomic E-state index is 0.0170. The highest BCUT2D eigenvalue weighted by molar-refractivity contribution is 6.59. The molecule has 0 aromatic carbocycles. The Labute approximate surface area is 70.2 Å². The first-order valence-electron chi connectivity index (χ1n) is 3.44. The molecule has 0 fully saturated rings. The summed E-state index contributed by atoms with van der Waals surface area (Å²) in [4.78, 5) is 21.2. The number of hydrogen-bond donors (Lipinski definition) is 3. The topological polar surface area (TPSA) is 93.9 Å². The first kappa shape index (κ1) is 10.5. The standard InChI is InChI=1S/C7H11N3O2/c1-5(11)2-3-10-7(12)6(9)4-8/h4,8-9H,2-3H2,1H3,(H,10,12). The van der Waals surface area contributed by atoms with Crippen LogP contribution in [0.15, 0.2) is 0 Å². The Hall–Kier alpha value is -1.52. The molecule has 0 rings (SSSR count). The van der Waals surface area contributed by atoms with Crippen LogP contribution in [-0.4, -0.2) is 30.2 Å². The second kappa shape index (κ2) is 5.17. The summed E-state index contributed by atoms with van der Waals surface area (Å²) in [5, 5.41) is 15.8. The van der Waals surface area contributed by atoms with Gasteiger partial charge in [0.2, 0.25) is 0 Å². The summed E-state index contributed by atoms with van der Waals surface area (Å²) in [7, 11) is 0. The van der Waals surface area contributed by atoms with Gasteiger partial charge in [-0.05, 0) is 6.92 Å². The van der Waals surface area contributed by atoms with Gasteiger partial charge in [-0.2, -0.15) is 0 Å². The first-order chi connectivity index (χ1) is 5.57. The van der Waals surface area contributed by atoms with E-state index in [-0.39, 0.29) is 18.7 Å². The monoisotopic (exact) mass is 169 g/mol. The Morgan fingerprint density at radius 1 is 1.50 bits per heavy atom. The van der Waals surface area contributed by atoms with Crippen molar-refractivity contribution in [1.82, 2.24) is 5.32 Å². The summed E-state index contributed by atoms with van der Waals surface area (Å²) in [6.45, 7) is 1.65. The maximum atomic E-state index is 10.8. The molecule has 0 aromatic heterocycles. The molecule has 0 aliphatic carbocycles. The zero-order valence-electron chi connectivity index (χ0n) is 6.81. The van der Waals surface area contributed by atoms with Crippen LogP contribution in [0.4, 0.5) is 0 Å². The molecular weight excluding hydrogens is 158 g/mol. The van der Waals surface area contributed by atoms with Crippen LogP contribution in [0.3, 0.4) is 0 Å². The van der Waals surface area contributed by atoms with Crippen LogP contribution >= 0.6 is 0 Å². The number of Topliss-reactive ketones (excluding diaryl/α,β-unsaturated/α-hetero) is 1.